The molecule has 4 rings (SSSR count). The quantitative estimate of drug-likeness (QED) is 0.131. The van der Waals surface area contributed by atoms with Gasteiger partial charge < -0.3 is 0 Å². The molecule has 0 unspecified atom stereocenters. The Balaban J connectivity index is 1.70. The predicted octanol–water partition coefficient (Wildman–Crippen LogP) is 9.76. The molecule has 3 aromatic heterocycles. The van der Waals surface area contributed by atoms with E-state index in [1.54, 1.807) is 22.7 Å². The van der Waals surface area contributed by atoms with Crippen LogP contribution in [0, 0.1) is 13.8 Å². The van der Waals surface area contributed by atoms with Crippen LogP contribution in [-0.4, -0.2) is 16.3 Å². The molecule has 0 saturated heterocycles. The Morgan fingerprint density at radius 2 is 1.39 bits per heavy atom. The summed E-state index contributed by atoms with van der Waals surface area (Å²) in [6.45, 7) is 8.55. The Bertz CT molecular complexity index is 1320. The molecule has 3 nitrogen and oxygen atoms in total. The Morgan fingerprint density at radius 1 is 0.778 bits per heavy atom. The van der Waals surface area contributed by atoms with Gasteiger partial charge in [-0.15, -0.1) is 22.7 Å². The molecule has 0 N–H and O–H groups in total. The maximum atomic E-state index is 11.9. The molecule has 0 fully saturated rings. The van der Waals surface area contributed by atoms with Crippen LogP contribution >= 0.6 is 22.7 Å². The Morgan fingerprint density at radius 3 is 2.00 bits per heavy atom. The molecule has 0 aliphatic rings. The van der Waals surface area contributed by atoms with Crippen molar-refractivity contribution in [3.8, 4) is 20.9 Å². The predicted molar refractivity (Wildman–Crippen MR) is 157 cm³/mol. The molecule has 0 saturated carbocycles. The number of carbonyl (C=O) groups is 1. The van der Waals surface area contributed by atoms with Gasteiger partial charge in [0.15, 0.2) is 6.29 Å². The highest BCUT2D eigenvalue weighted by molar-refractivity contribution is 7.17. The fraction of sp³-hybridized carbons (Fsp3) is 0.452. The van der Waals surface area contributed by atoms with Gasteiger partial charge in [-0.2, -0.15) is 0 Å². The molecular formula is C31H38N2OS2. The molecular weight excluding hydrogens is 480 g/mol. The molecule has 0 atom stereocenters. The van der Waals surface area contributed by atoms with Gasteiger partial charge in [-0.3, -0.25) is 4.79 Å². The second kappa shape index (κ2) is 12.7. The maximum absolute atomic E-state index is 11.9. The van der Waals surface area contributed by atoms with E-state index in [1.165, 1.54) is 60.9 Å². The van der Waals surface area contributed by atoms with Crippen LogP contribution in [0.3, 0.4) is 0 Å². The third kappa shape index (κ3) is 6.12. The zero-order valence-corrected chi connectivity index (χ0v) is 23.8. The number of hydrogen-bond acceptors (Lipinski definition) is 5. The number of fused-ring (bicyclic) bond motifs is 1. The summed E-state index contributed by atoms with van der Waals surface area (Å²) in [6, 6.07) is 8.94. The highest BCUT2D eigenvalue weighted by Crippen LogP contribution is 2.40. The van der Waals surface area contributed by atoms with E-state index in [4.69, 9.17) is 9.97 Å². The van der Waals surface area contributed by atoms with Gasteiger partial charge in [-0.25, -0.2) is 9.97 Å². The number of unbranched alkanes of at least 4 members (excludes halogenated alkanes) is 6. The minimum absolute atomic E-state index is 0.849. The van der Waals surface area contributed by atoms with Crippen LogP contribution < -0.4 is 0 Å². The Labute approximate surface area is 224 Å². The number of aryl methyl sites for hydroxylation is 4. The molecule has 0 radical (unpaired) electrons. The number of aromatic nitrogens is 2. The van der Waals surface area contributed by atoms with Crippen molar-refractivity contribution in [2.24, 2.45) is 0 Å². The van der Waals surface area contributed by atoms with E-state index in [-0.39, 0.29) is 0 Å². The number of hydrogen-bond donors (Lipinski definition) is 0. The fourth-order valence-corrected chi connectivity index (χ4v) is 6.75. The number of aldehydes is 1. The topological polar surface area (TPSA) is 42.9 Å². The van der Waals surface area contributed by atoms with Crippen LogP contribution in [0.25, 0.3) is 31.9 Å². The van der Waals surface area contributed by atoms with Crippen molar-refractivity contribution in [1.29, 1.82) is 0 Å². The molecule has 5 heteroatoms. The van der Waals surface area contributed by atoms with Crippen LogP contribution in [0.1, 0.15) is 97.4 Å². The van der Waals surface area contributed by atoms with Crippen LogP contribution in [0.4, 0.5) is 0 Å². The minimum Gasteiger partial charge on any atom is -0.297 e. The Hall–Kier alpha value is -2.37. The highest BCUT2D eigenvalue weighted by Gasteiger charge is 2.18. The van der Waals surface area contributed by atoms with E-state index in [1.807, 2.05) is 13.8 Å². The van der Waals surface area contributed by atoms with Gasteiger partial charge in [-0.1, -0.05) is 64.5 Å². The van der Waals surface area contributed by atoms with Crippen LogP contribution in [0.2, 0.25) is 0 Å². The molecule has 1 aromatic carbocycles. The summed E-state index contributed by atoms with van der Waals surface area (Å²) in [5.41, 5.74) is 8.63. The van der Waals surface area contributed by atoms with E-state index < -0.39 is 0 Å². The maximum Gasteiger partial charge on any atom is 0.160 e. The number of benzene rings is 1. The van der Waals surface area contributed by atoms with Crippen molar-refractivity contribution in [3.63, 3.8) is 0 Å². The van der Waals surface area contributed by atoms with Crippen molar-refractivity contribution in [1.82, 2.24) is 9.97 Å². The molecule has 0 spiro atoms. The molecule has 3 heterocycles. The molecule has 0 aliphatic carbocycles. The molecule has 0 aliphatic heterocycles. The summed E-state index contributed by atoms with van der Waals surface area (Å²) in [5.74, 6) is 0. The van der Waals surface area contributed by atoms with Crippen molar-refractivity contribution in [3.05, 3.63) is 57.0 Å². The summed E-state index contributed by atoms with van der Waals surface area (Å²) in [5, 5.41) is 2.30. The average Bonchev–Trinajstić information content (AvgIpc) is 3.52. The third-order valence-electron chi connectivity index (χ3n) is 6.99. The smallest absolute Gasteiger partial charge is 0.160 e. The largest absolute Gasteiger partial charge is 0.297 e. The van der Waals surface area contributed by atoms with Gasteiger partial charge in [0.25, 0.3) is 0 Å². The summed E-state index contributed by atoms with van der Waals surface area (Å²) >= 11 is 3.39. The third-order valence-corrected chi connectivity index (χ3v) is 9.13. The number of thiophene rings is 2. The van der Waals surface area contributed by atoms with Gasteiger partial charge in [0.2, 0.25) is 0 Å². The lowest BCUT2D eigenvalue weighted by Crippen LogP contribution is -1.96. The molecule has 0 bridgehead atoms. The monoisotopic (exact) mass is 518 g/mol. The lowest BCUT2D eigenvalue weighted by Gasteiger charge is -2.10. The lowest BCUT2D eigenvalue weighted by molar-refractivity contribution is 0.112. The first-order valence-corrected chi connectivity index (χ1v) is 15.2. The van der Waals surface area contributed by atoms with Gasteiger partial charge in [0.1, 0.15) is 0 Å². The number of carbonyl (C=O) groups excluding carboxylic acids is 1. The van der Waals surface area contributed by atoms with Gasteiger partial charge >= 0.3 is 0 Å². The van der Waals surface area contributed by atoms with Crippen LogP contribution in [0.15, 0.2) is 29.6 Å². The van der Waals surface area contributed by atoms with E-state index in [0.29, 0.717) is 0 Å². The lowest BCUT2D eigenvalue weighted by atomic mass is 10.0. The fourth-order valence-electron chi connectivity index (χ4n) is 4.72. The standard InChI is InChI=1S/C31H38N2OS2/c1-5-7-9-11-13-23-17-27(35-20-23)25-15-16-26(31-30(25)32-21(3)22(4)33-31)28-18-24(29(19-34)36-28)14-12-10-8-6-2/h15-20H,5-14H2,1-4H3. The molecule has 36 heavy (non-hydrogen) atoms. The average molecular weight is 519 g/mol. The molecule has 4 aromatic rings. The minimum atomic E-state index is 0.849. The van der Waals surface area contributed by atoms with Crippen molar-refractivity contribution in [2.45, 2.75) is 91.9 Å². The molecule has 190 valence electrons. The first-order valence-electron chi connectivity index (χ1n) is 13.5. The summed E-state index contributed by atoms with van der Waals surface area (Å²) < 4.78 is 0. The van der Waals surface area contributed by atoms with E-state index in [0.717, 1.165) is 68.9 Å². The first-order chi connectivity index (χ1) is 17.5. The van der Waals surface area contributed by atoms with Crippen molar-refractivity contribution >= 4 is 40.0 Å². The van der Waals surface area contributed by atoms with E-state index >= 15 is 0 Å². The Kier molecular flexibility index (Phi) is 9.44. The van der Waals surface area contributed by atoms with Gasteiger partial charge in [0.05, 0.1) is 27.3 Å². The van der Waals surface area contributed by atoms with Crippen LogP contribution in [0.5, 0.6) is 0 Å². The number of nitrogens with zero attached hydrogens (tertiary/aromatic N) is 2. The summed E-state index contributed by atoms with van der Waals surface area (Å²) in [7, 11) is 0. The van der Waals surface area contributed by atoms with Crippen LogP contribution in [-0.2, 0) is 12.8 Å². The van der Waals surface area contributed by atoms with Gasteiger partial charge in [-0.05, 0) is 68.2 Å². The summed E-state index contributed by atoms with van der Waals surface area (Å²) in [6.07, 6.45) is 13.1. The van der Waals surface area contributed by atoms with Gasteiger partial charge in [0, 0.05) is 20.9 Å². The van der Waals surface area contributed by atoms with E-state index in [2.05, 4.69) is 43.5 Å². The molecule has 0 amide bonds. The SMILES string of the molecule is CCCCCCc1csc(-c2ccc(-c3cc(CCCCCC)c(C=O)s3)c3nc(C)c(C)nc23)c1. The number of rotatable bonds is 13. The second-order valence-corrected chi connectivity index (χ2v) is 11.8. The summed E-state index contributed by atoms with van der Waals surface area (Å²) in [4.78, 5) is 25.1. The normalized spacial score (nSPS) is 11.4. The highest BCUT2D eigenvalue weighted by atomic mass is 32.1. The van der Waals surface area contributed by atoms with E-state index in [9.17, 15) is 4.79 Å². The zero-order valence-electron chi connectivity index (χ0n) is 22.2. The van der Waals surface area contributed by atoms with Crippen molar-refractivity contribution in [2.75, 3.05) is 0 Å². The first kappa shape index (κ1) is 26.7. The van der Waals surface area contributed by atoms with Crippen molar-refractivity contribution < 1.29 is 4.79 Å². The zero-order chi connectivity index (χ0) is 25.5. The second-order valence-electron chi connectivity index (χ2n) is 9.81.